The van der Waals surface area contributed by atoms with Crippen LogP contribution in [0.2, 0.25) is 0 Å². The third-order valence-electron chi connectivity index (χ3n) is 2.56. The number of halogens is 3. The number of aromatic nitrogens is 2. The van der Waals surface area contributed by atoms with E-state index in [1.54, 1.807) is 13.8 Å². The highest BCUT2D eigenvalue weighted by molar-refractivity contribution is 4.92. The van der Waals surface area contributed by atoms with Gasteiger partial charge in [-0.05, 0) is 13.8 Å². The van der Waals surface area contributed by atoms with Crippen LogP contribution in [-0.2, 0) is 4.74 Å². The van der Waals surface area contributed by atoms with E-state index in [1.165, 1.54) is 4.90 Å². The van der Waals surface area contributed by atoms with Crippen LogP contribution >= 0.6 is 0 Å². The summed E-state index contributed by atoms with van der Waals surface area (Å²) in [5.74, 6) is 0.667. The monoisotopic (exact) mass is 265 g/mol. The van der Waals surface area contributed by atoms with Gasteiger partial charge in [-0.3, -0.25) is 4.90 Å². The Morgan fingerprint density at radius 1 is 1.39 bits per heavy atom. The molecule has 0 saturated carbocycles. The molecule has 0 bridgehead atoms. The van der Waals surface area contributed by atoms with Gasteiger partial charge in [0.1, 0.15) is 6.10 Å². The number of hydrogen-bond donors (Lipinski definition) is 0. The molecule has 0 radical (unpaired) electrons. The lowest BCUT2D eigenvalue weighted by Gasteiger charge is -2.35. The molecule has 1 aromatic rings. The summed E-state index contributed by atoms with van der Waals surface area (Å²) in [6.45, 7) is 2.75. The predicted octanol–water partition coefficient (Wildman–Crippen LogP) is 1.70. The zero-order valence-corrected chi connectivity index (χ0v) is 10.1. The molecule has 0 unspecified atom stereocenters. The number of hydrogen-bond acceptors (Lipinski definition) is 5. The predicted molar refractivity (Wildman–Crippen MR) is 54.8 cm³/mol. The lowest BCUT2D eigenvalue weighted by molar-refractivity contribution is -0.170. The Morgan fingerprint density at radius 2 is 2.11 bits per heavy atom. The molecule has 1 aromatic heterocycles. The van der Waals surface area contributed by atoms with Crippen molar-refractivity contribution in [1.29, 1.82) is 0 Å². The van der Waals surface area contributed by atoms with Crippen molar-refractivity contribution >= 4 is 0 Å². The van der Waals surface area contributed by atoms with E-state index >= 15 is 0 Å². The molecule has 1 fully saturated rings. The van der Waals surface area contributed by atoms with Crippen molar-refractivity contribution in [3.63, 3.8) is 0 Å². The normalized spacial score (nSPS) is 26.5. The minimum Gasteiger partial charge on any atom is -0.363 e. The maximum absolute atomic E-state index is 12.4. The van der Waals surface area contributed by atoms with E-state index in [0.717, 1.165) is 0 Å². The molecule has 18 heavy (non-hydrogen) atoms. The summed E-state index contributed by atoms with van der Waals surface area (Å²) >= 11 is 0. The third kappa shape index (κ3) is 3.42. The zero-order chi connectivity index (χ0) is 13.3. The molecular formula is C10H14F3N3O2. The van der Waals surface area contributed by atoms with Gasteiger partial charge in [0.15, 0.2) is 5.82 Å². The van der Waals surface area contributed by atoms with Gasteiger partial charge in [-0.2, -0.15) is 18.2 Å². The third-order valence-corrected chi connectivity index (χ3v) is 2.56. The van der Waals surface area contributed by atoms with Crippen LogP contribution in [0.25, 0.3) is 0 Å². The molecule has 1 aliphatic rings. The topological polar surface area (TPSA) is 51.4 Å². The van der Waals surface area contributed by atoms with Crippen LogP contribution < -0.4 is 0 Å². The minimum atomic E-state index is -4.22. The number of aryl methyl sites for hydroxylation is 1. The second kappa shape index (κ2) is 4.85. The molecule has 102 valence electrons. The average molecular weight is 265 g/mol. The van der Waals surface area contributed by atoms with Crippen LogP contribution in [0, 0.1) is 6.92 Å². The number of alkyl halides is 3. The van der Waals surface area contributed by atoms with Gasteiger partial charge in [0, 0.05) is 13.1 Å². The van der Waals surface area contributed by atoms with E-state index in [2.05, 4.69) is 10.1 Å². The molecule has 0 aromatic carbocycles. The number of morpholine rings is 1. The van der Waals surface area contributed by atoms with Gasteiger partial charge in [-0.25, -0.2) is 0 Å². The van der Waals surface area contributed by atoms with Gasteiger partial charge in [-0.15, -0.1) is 0 Å². The molecule has 1 aliphatic heterocycles. The van der Waals surface area contributed by atoms with E-state index < -0.39 is 18.8 Å². The molecule has 2 rings (SSSR count). The van der Waals surface area contributed by atoms with Gasteiger partial charge < -0.3 is 9.26 Å². The standard InChI is InChI=1S/C10H14F3N3O2/c1-6-3-16(5-10(11,12)13)4-8(17-6)9-14-7(2)15-18-9/h6,8H,3-5H2,1-2H3/t6-,8-/m1/s1. The highest BCUT2D eigenvalue weighted by Crippen LogP contribution is 2.26. The quantitative estimate of drug-likeness (QED) is 0.814. The largest absolute Gasteiger partial charge is 0.401 e. The molecule has 1 saturated heterocycles. The molecule has 0 N–H and O–H groups in total. The molecular weight excluding hydrogens is 251 g/mol. The molecule has 2 atom stereocenters. The zero-order valence-electron chi connectivity index (χ0n) is 10.1. The van der Waals surface area contributed by atoms with E-state index in [0.29, 0.717) is 5.82 Å². The maximum Gasteiger partial charge on any atom is 0.401 e. The Morgan fingerprint density at radius 3 is 2.67 bits per heavy atom. The van der Waals surface area contributed by atoms with E-state index in [-0.39, 0.29) is 25.1 Å². The van der Waals surface area contributed by atoms with Gasteiger partial charge in [0.2, 0.25) is 0 Å². The van der Waals surface area contributed by atoms with Crippen molar-refractivity contribution in [2.24, 2.45) is 0 Å². The molecule has 0 spiro atoms. The van der Waals surface area contributed by atoms with Crippen molar-refractivity contribution in [3.05, 3.63) is 11.7 Å². The Bertz CT molecular complexity index is 407. The molecule has 2 heterocycles. The number of nitrogens with zero attached hydrogens (tertiary/aromatic N) is 3. The van der Waals surface area contributed by atoms with Crippen LogP contribution in [0.4, 0.5) is 13.2 Å². The maximum atomic E-state index is 12.4. The summed E-state index contributed by atoms with van der Waals surface area (Å²) in [6, 6.07) is 0. The van der Waals surface area contributed by atoms with Crippen molar-refractivity contribution in [3.8, 4) is 0 Å². The first-order valence-corrected chi connectivity index (χ1v) is 5.58. The Labute approximate surface area is 102 Å². The van der Waals surface area contributed by atoms with Gasteiger partial charge in [0.05, 0.1) is 12.6 Å². The highest BCUT2D eigenvalue weighted by atomic mass is 19.4. The summed E-state index contributed by atoms with van der Waals surface area (Å²) in [5.41, 5.74) is 0. The summed E-state index contributed by atoms with van der Waals surface area (Å²) in [6.07, 6.45) is -5.12. The molecule has 8 heteroatoms. The first-order valence-electron chi connectivity index (χ1n) is 5.58. The number of rotatable bonds is 2. The van der Waals surface area contributed by atoms with Gasteiger partial charge in [0.25, 0.3) is 5.89 Å². The lowest BCUT2D eigenvalue weighted by Crippen LogP contribution is -2.46. The summed E-state index contributed by atoms with van der Waals surface area (Å²) < 4.78 is 47.6. The second-order valence-corrected chi connectivity index (χ2v) is 4.42. The molecule has 0 aliphatic carbocycles. The van der Waals surface area contributed by atoms with Crippen molar-refractivity contribution in [1.82, 2.24) is 15.0 Å². The Balaban J connectivity index is 2.05. The van der Waals surface area contributed by atoms with Crippen LogP contribution in [0.1, 0.15) is 24.7 Å². The minimum absolute atomic E-state index is 0.103. The van der Waals surface area contributed by atoms with Crippen LogP contribution in [-0.4, -0.2) is 47.0 Å². The number of ether oxygens (including phenoxy) is 1. The fourth-order valence-electron chi connectivity index (χ4n) is 2.00. The summed E-state index contributed by atoms with van der Waals surface area (Å²) in [4.78, 5) is 5.28. The first-order chi connectivity index (χ1) is 8.33. The van der Waals surface area contributed by atoms with Gasteiger partial charge in [-0.1, -0.05) is 5.16 Å². The van der Waals surface area contributed by atoms with Crippen LogP contribution in [0.3, 0.4) is 0 Å². The van der Waals surface area contributed by atoms with Crippen LogP contribution in [0.5, 0.6) is 0 Å². The smallest absolute Gasteiger partial charge is 0.363 e. The molecule has 0 amide bonds. The van der Waals surface area contributed by atoms with E-state index in [1.807, 2.05) is 0 Å². The molecule has 5 nitrogen and oxygen atoms in total. The summed E-state index contributed by atoms with van der Waals surface area (Å²) in [7, 11) is 0. The van der Waals surface area contributed by atoms with Crippen molar-refractivity contribution in [2.45, 2.75) is 32.2 Å². The van der Waals surface area contributed by atoms with Crippen molar-refractivity contribution < 1.29 is 22.4 Å². The Hall–Kier alpha value is -1.15. The second-order valence-electron chi connectivity index (χ2n) is 4.42. The van der Waals surface area contributed by atoms with Gasteiger partial charge >= 0.3 is 6.18 Å². The summed E-state index contributed by atoms with van der Waals surface area (Å²) in [5, 5.41) is 3.61. The van der Waals surface area contributed by atoms with Crippen LogP contribution in [0.15, 0.2) is 4.52 Å². The fourth-order valence-corrected chi connectivity index (χ4v) is 2.00. The lowest BCUT2D eigenvalue weighted by atomic mass is 10.2. The van der Waals surface area contributed by atoms with E-state index in [4.69, 9.17) is 9.26 Å². The Kier molecular flexibility index (Phi) is 3.58. The highest BCUT2D eigenvalue weighted by Gasteiger charge is 2.37. The van der Waals surface area contributed by atoms with E-state index in [9.17, 15) is 13.2 Å². The van der Waals surface area contributed by atoms with Crippen molar-refractivity contribution in [2.75, 3.05) is 19.6 Å². The fraction of sp³-hybridized carbons (Fsp3) is 0.800. The SMILES string of the molecule is Cc1noc([C@H]2CN(CC(F)(F)F)C[C@@H](C)O2)n1. The first kappa shape index (κ1) is 13.3. The average Bonchev–Trinajstić information content (AvgIpc) is 2.61.